The van der Waals surface area contributed by atoms with Gasteiger partial charge in [-0.25, -0.2) is 0 Å². The van der Waals surface area contributed by atoms with Crippen LogP contribution in [-0.4, -0.2) is 59.1 Å². The lowest BCUT2D eigenvalue weighted by Gasteiger charge is -2.27. The van der Waals surface area contributed by atoms with Crippen LogP contribution in [0.25, 0.3) is 0 Å². The third-order valence-corrected chi connectivity index (χ3v) is 4.24. The number of nitrogens with zero attached hydrogens (tertiary/aromatic N) is 3. The van der Waals surface area contributed by atoms with Crippen LogP contribution < -0.4 is 0 Å². The second kappa shape index (κ2) is 5.91. The standard InChI is InChI=1S/C14H21F3N4O/c1-8(2)9-6-21(7-11(9)20(3)4)13(22)10-5-12(19-18-10)14(15,16)17/h5,8-9,11H,6-7H2,1-4H3,(H,18,19)/t9-,11+/m0/s1. The molecule has 0 saturated carbocycles. The van der Waals surface area contributed by atoms with Gasteiger partial charge in [-0.05, 0) is 25.9 Å². The van der Waals surface area contributed by atoms with Crippen LogP contribution in [-0.2, 0) is 6.18 Å². The summed E-state index contributed by atoms with van der Waals surface area (Å²) >= 11 is 0. The summed E-state index contributed by atoms with van der Waals surface area (Å²) in [7, 11) is 3.90. The number of H-pyrrole nitrogens is 1. The highest BCUT2D eigenvalue weighted by molar-refractivity contribution is 5.92. The quantitative estimate of drug-likeness (QED) is 0.928. The van der Waals surface area contributed by atoms with Crippen LogP contribution in [0.4, 0.5) is 13.2 Å². The Kier molecular flexibility index (Phi) is 4.51. The SMILES string of the molecule is CC(C)[C@@H]1CN(C(=O)c2cc(C(F)(F)F)[nH]n2)C[C@H]1N(C)C. The molecule has 5 nitrogen and oxygen atoms in total. The van der Waals surface area contributed by atoms with E-state index in [9.17, 15) is 18.0 Å². The molecule has 1 fully saturated rings. The van der Waals surface area contributed by atoms with E-state index in [-0.39, 0.29) is 11.7 Å². The van der Waals surface area contributed by atoms with Crippen molar-refractivity contribution in [1.82, 2.24) is 20.0 Å². The number of rotatable bonds is 3. The van der Waals surface area contributed by atoms with Crippen molar-refractivity contribution in [3.05, 3.63) is 17.5 Å². The molecule has 124 valence electrons. The van der Waals surface area contributed by atoms with E-state index in [4.69, 9.17) is 0 Å². The maximum absolute atomic E-state index is 12.6. The number of aromatic amines is 1. The molecule has 0 spiro atoms. The van der Waals surface area contributed by atoms with Crippen molar-refractivity contribution >= 4 is 5.91 Å². The minimum Gasteiger partial charge on any atom is -0.335 e. The topological polar surface area (TPSA) is 52.2 Å². The molecule has 22 heavy (non-hydrogen) atoms. The summed E-state index contributed by atoms with van der Waals surface area (Å²) in [4.78, 5) is 16.0. The monoisotopic (exact) mass is 318 g/mol. The lowest BCUT2D eigenvalue weighted by molar-refractivity contribution is -0.141. The highest BCUT2D eigenvalue weighted by atomic mass is 19.4. The van der Waals surface area contributed by atoms with Gasteiger partial charge in [0.15, 0.2) is 5.69 Å². The van der Waals surface area contributed by atoms with Crippen LogP contribution in [0.1, 0.15) is 30.0 Å². The number of hydrogen-bond donors (Lipinski definition) is 1. The molecule has 0 bridgehead atoms. The molecule has 1 aliphatic rings. The van der Waals surface area contributed by atoms with Crippen molar-refractivity contribution in [3.8, 4) is 0 Å². The minimum absolute atomic E-state index is 0.186. The van der Waals surface area contributed by atoms with E-state index in [2.05, 4.69) is 23.8 Å². The van der Waals surface area contributed by atoms with E-state index in [1.54, 1.807) is 4.90 Å². The molecular formula is C14H21F3N4O. The number of halogens is 3. The molecule has 1 amide bonds. The van der Waals surface area contributed by atoms with Gasteiger partial charge in [-0.2, -0.15) is 18.3 Å². The number of likely N-dealkylation sites (tertiary alicyclic amines) is 1. The van der Waals surface area contributed by atoms with Gasteiger partial charge in [0.25, 0.3) is 5.91 Å². The van der Waals surface area contributed by atoms with Crippen LogP contribution in [0.3, 0.4) is 0 Å². The Bertz CT molecular complexity index is 522. The summed E-state index contributed by atoms with van der Waals surface area (Å²) in [5.74, 6) is 0.219. The largest absolute Gasteiger partial charge is 0.432 e. The summed E-state index contributed by atoms with van der Waals surface area (Å²) in [5, 5.41) is 5.40. The minimum atomic E-state index is -4.52. The third-order valence-electron chi connectivity index (χ3n) is 4.24. The predicted molar refractivity (Wildman–Crippen MR) is 75.3 cm³/mol. The average molecular weight is 318 g/mol. The van der Waals surface area contributed by atoms with Crippen LogP contribution in [0.5, 0.6) is 0 Å². The number of carbonyl (C=O) groups excluding carboxylic acids is 1. The number of aromatic nitrogens is 2. The zero-order chi connectivity index (χ0) is 16.7. The molecule has 2 rings (SSSR count). The van der Waals surface area contributed by atoms with Gasteiger partial charge in [0.1, 0.15) is 5.69 Å². The Labute approximate surface area is 127 Å². The molecule has 0 aromatic carbocycles. The highest BCUT2D eigenvalue weighted by Crippen LogP contribution is 2.30. The summed E-state index contributed by atoms with van der Waals surface area (Å²) in [6, 6.07) is 0.973. The first-order chi connectivity index (χ1) is 10.1. The van der Waals surface area contributed by atoms with Crippen LogP contribution in [0, 0.1) is 11.8 Å². The van der Waals surface area contributed by atoms with Gasteiger partial charge in [-0.15, -0.1) is 0 Å². The first-order valence-electron chi connectivity index (χ1n) is 7.19. The van der Waals surface area contributed by atoms with E-state index >= 15 is 0 Å². The number of hydrogen-bond acceptors (Lipinski definition) is 3. The molecule has 1 aromatic rings. The van der Waals surface area contributed by atoms with Crippen molar-refractivity contribution in [3.63, 3.8) is 0 Å². The van der Waals surface area contributed by atoms with Gasteiger partial charge in [0, 0.05) is 25.2 Å². The Balaban J connectivity index is 2.15. The Hall–Kier alpha value is -1.57. The first-order valence-corrected chi connectivity index (χ1v) is 7.19. The van der Waals surface area contributed by atoms with E-state index in [0.29, 0.717) is 24.9 Å². The van der Waals surface area contributed by atoms with Gasteiger partial charge >= 0.3 is 6.18 Å². The van der Waals surface area contributed by atoms with Crippen molar-refractivity contribution < 1.29 is 18.0 Å². The summed E-state index contributed by atoms with van der Waals surface area (Å²) in [6.07, 6.45) is -4.52. The van der Waals surface area contributed by atoms with E-state index in [0.717, 1.165) is 6.07 Å². The molecule has 2 atom stereocenters. The molecule has 1 aromatic heterocycles. The molecule has 0 unspecified atom stereocenters. The summed E-state index contributed by atoms with van der Waals surface area (Å²) < 4.78 is 37.7. The van der Waals surface area contributed by atoms with Crippen LogP contribution >= 0.6 is 0 Å². The summed E-state index contributed by atoms with van der Waals surface area (Å²) in [5.41, 5.74) is -1.19. The van der Waals surface area contributed by atoms with E-state index in [1.807, 2.05) is 19.2 Å². The molecular weight excluding hydrogens is 297 g/mol. The molecule has 1 aliphatic heterocycles. The third kappa shape index (κ3) is 3.26. The number of carbonyl (C=O) groups is 1. The molecule has 2 heterocycles. The first kappa shape index (κ1) is 16.8. The van der Waals surface area contributed by atoms with Crippen molar-refractivity contribution in [1.29, 1.82) is 0 Å². The highest BCUT2D eigenvalue weighted by Gasteiger charge is 2.40. The lowest BCUT2D eigenvalue weighted by Crippen LogP contribution is -2.37. The summed E-state index contributed by atoms with van der Waals surface area (Å²) in [6.45, 7) is 5.22. The Morgan fingerprint density at radius 2 is 2.05 bits per heavy atom. The number of amides is 1. The average Bonchev–Trinajstić information content (AvgIpc) is 3.04. The van der Waals surface area contributed by atoms with Crippen molar-refractivity contribution in [2.75, 3.05) is 27.2 Å². The molecule has 0 aliphatic carbocycles. The van der Waals surface area contributed by atoms with Crippen LogP contribution in [0.2, 0.25) is 0 Å². The second-order valence-electron chi connectivity index (χ2n) is 6.31. The van der Waals surface area contributed by atoms with E-state index < -0.39 is 17.8 Å². The Morgan fingerprint density at radius 1 is 1.41 bits per heavy atom. The van der Waals surface area contributed by atoms with Gasteiger partial charge < -0.3 is 9.80 Å². The smallest absolute Gasteiger partial charge is 0.335 e. The normalized spacial score (nSPS) is 22.9. The molecule has 8 heteroatoms. The van der Waals surface area contributed by atoms with E-state index in [1.165, 1.54) is 0 Å². The molecule has 0 radical (unpaired) electrons. The fourth-order valence-electron chi connectivity index (χ4n) is 2.92. The van der Waals surface area contributed by atoms with Gasteiger partial charge in [-0.3, -0.25) is 9.89 Å². The molecule has 1 N–H and O–H groups in total. The van der Waals surface area contributed by atoms with Crippen molar-refractivity contribution in [2.45, 2.75) is 26.1 Å². The molecule has 1 saturated heterocycles. The number of likely N-dealkylation sites (N-methyl/N-ethyl adjacent to an activating group) is 1. The van der Waals surface area contributed by atoms with Crippen LogP contribution in [0.15, 0.2) is 6.07 Å². The van der Waals surface area contributed by atoms with Gasteiger partial charge in [0.05, 0.1) is 0 Å². The van der Waals surface area contributed by atoms with Gasteiger partial charge in [0.2, 0.25) is 0 Å². The van der Waals surface area contributed by atoms with Crippen molar-refractivity contribution in [2.24, 2.45) is 11.8 Å². The second-order valence-corrected chi connectivity index (χ2v) is 6.31. The maximum atomic E-state index is 12.6. The maximum Gasteiger partial charge on any atom is 0.432 e. The van der Waals surface area contributed by atoms with Gasteiger partial charge in [-0.1, -0.05) is 13.8 Å². The number of alkyl halides is 3. The Morgan fingerprint density at radius 3 is 2.45 bits per heavy atom. The zero-order valence-electron chi connectivity index (χ0n) is 13.1. The zero-order valence-corrected chi connectivity index (χ0v) is 13.1. The predicted octanol–water partition coefficient (Wildman–Crippen LogP) is 2.09. The fourth-order valence-corrected chi connectivity index (χ4v) is 2.92. The fraction of sp³-hybridized carbons (Fsp3) is 0.714. The number of nitrogens with one attached hydrogen (secondary N) is 1. The lowest BCUT2D eigenvalue weighted by atomic mass is 9.91.